The Kier molecular flexibility index (Phi) is 5.43. The summed E-state index contributed by atoms with van der Waals surface area (Å²) in [7, 11) is 0. The Morgan fingerprint density at radius 2 is 1.93 bits per heavy atom. The molecule has 3 aliphatic rings. The van der Waals surface area contributed by atoms with E-state index in [0.29, 0.717) is 25.3 Å². The van der Waals surface area contributed by atoms with E-state index < -0.39 is 0 Å². The maximum absolute atomic E-state index is 12.4. The van der Waals surface area contributed by atoms with Gasteiger partial charge in [0.15, 0.2) is 0 Å². The van der Waals surface area contributed by atoms with E-state index in [-0.39, 0.29) is 23.2 Å². The number of carbonyl (C=O) groups is 2. The van der Waals surface area contributed by atoms with Crippen molar-refractivity contribution in [2.45, 2.75) is 56.1 Å². The molecule has 0 aliphatic carbocycles. The fraction of sp³-hybridized carbons (Fsp3) is 0.478. The first-order valence-corrected chi connectivity index (χ1v) is 11.3. The molecule has 30 heavy (non-hydrogen) atoms. The number of benzene rings is 1. The topological polar surface area (TPSA) is 65.8 Å². The molecule has 158 valence electrons. The third-order valence-corrected chi connectivity index (χ3v) is 7.35. The number of hydrogen-bond donors (Lipinski definition) is 2. The Bertz CT molecular complexity index is 937. The first-order chi connectivity index (χ1) is 14.6. The fourth-order valence-electron chi connectivity index (χ4n) is 5.10. The molecule has 0 saturated carbocycles. The number of imide groups is 1. The second-order valence-corrected chi connectivity index (χ2v) is 9.05. The summed E-state index contributed by atoms with van der Waals surface area (Å²) < 4.78 is 5.60. The molecule has 0 spiro atoms. The van der Waals surface area contributed by atoms with Crippen molar-refractivity contribution in [2.75, 3.05) is 13.1 Å². The third kappa shape index (κ3) is 3.70. The molecule has 2 amide bonds. The van der Waals surface area contributed by atoms with Crippen LogP contribution >= 0.6 is 12.6 Å². The Morgan fingerprint density at radius 1 is 1.10 bits per heavy atom. The van der Waals surface area contributed by atoms with Gasteiger partial charge in [0, 0.05) is 25.4 Å². The molecule has 2 fully saturated rings. The van der Waals surface area contributed by atoms with Crippen LogP contribution < -0.4 is 5.32 Å². The van der Waals surface area contributed by atoms with Crippen LogP contribution in [0, 0.1) is 0 Å². The maximum atomic E-state index is 12.4. The smallest absolute Gasteiger partial charge is 0.243 e. The predicted octanol–water partition coefficient (Wildman–Crippen LogP) is 3.21. The summed E-state index contributed by atoms with van der Waals surface area (Å²) in [6.45, 7) is 3.72. The van der Waals surface area contributed by atoms with Crippen LogP contribution in [0.2, 0.25) is 0 Å². The molecule has 6 nitrogen and oxygen atoms in total. The Morgan fingerprint density at radius 3 is 2.67 bits per heavy atom. The van der Waals surface area contributed by atoms with E-state index in [4.69, 9.17) is 17.0 Å². The Balaban J connectivity index is 1.27. The van der Waals surface area contributed by atoms with E-state index in [1.165, 1.54) is 16.7 Å². The van der Waals surface area contributed by atoms with Crippen molar-refractivity contribution >= 4 is 24.4 Å². The summed E-state index contributed by atoms with van der Waals surface area (Å²) in [4.78, 5) is 28.6. The molecule has 2 aromatic rings. The quantitative estimate of drug-likeness (QED) is 0.582. The van der Waals surface area contributed by atoms with Gasteiger partial charge in [0.1, 0.15) is 5.76 Å². The van der Waals surface area contributed by atoms with Crippen molar-refractivity contribution in [3.8, 4) is 0 Å². The number of piperidine rings is 2. The first-order valence-electron chi connectivity index (χ1n) is 10.7. The highest BCUT2D eigenvalue weighted by Gasteiger charge is 2.39. The number of nitrogens with one attached hydrogen (secondary N) is 1. The number of hydrogen-bond acceptors (Lipinski definition) is 6. The van der Waals surface area contributed by atoms with Crippen LogP contribution in [0.5, 0.6) is 0 Å². The van der Waals surface area contributed by atoms with Gasteiger partial charge in [-0.3, -0.25) is 24.7 Å². The number of thiol groups is 1. The molecule has 0 radical (unpaired) electrons. The van der Waals surface area contributed by atoms with Gasteiger partial charge in [0.05, 0.1) is 17.7 Å². The molecule has 3 aliphatic heterocycles. The molecule has 2 atom stereocenters. The van der Waals surface area contributed by atoms with Crippen LogP contribution in [0.4, 0.5) is 0 Å². The highest BCUT2D eigenvalue weighted by molar-refractivity contribution is 7.80. The molecule has 0 bridgehead atoms. The Hall–Kier alpha value is -2.09. The average molecular weight is 426 g/mol. The first kappa shape index (κ1) is 19.8. The molecule has 2 unspecified atom stereocenters. The van der Waals surface area contributed by atoms with Crippen molar-refractivity contribution < 1.29 is 14.0 Å². The maximum Gasteiger partial charge on any atom is 0.243 e. The summed E-state index contributed by atoms with van der Waals surface area (Å²) in [6, 6.07) is 10.2. The highest BCUT2D eigenvalue weighted by Crippen LogP contribution is 2.41. The molecule has 5 rings (SSSR count). The van der Waals surface area contributed by atoms with Gasteiger partial charge in [-0.15, -0.1) is 0 Å². The zero-order valence-electron chi connectivity index (χ0n) is 16.9. The monoisotopic (exact) mass is 425 g/mol. The van der Waals surface area contributed by atoms with Crippen molar-refractivity contribution in [3.63, 3.8) is 0 Å². The highest BCUT2D eigenvalue weighted by atomic mass is 32.1. The lowest BCUT2D eigenvalue weighted by Crippen LogP contribution is -2.51. The van der Waals surface area contributed by atoms with E-state index >= 15 is 0 Å². The van der Waals surface area contributed by atoms with Gasteiger partial charge in [-0.25, -0.2) is 0 Å². The summed E-state index contributed by atoms with van der Waals surface area (Å²) in [5.41, 5.74) is 3.79. The fourth-order valence-corrected chi connectivity index (χ4v) is 5.59. The number of furan rings is 1. The number of carbonyl (C=O) groups excluding carboxylic acids is 2. The van der Waals surface area contributed by atoms with Crippen molar-refractivity contribution in [1.82, 2.24) is 15.1 Å². The predicted molar refractivity (Wildman–Crippen MR) is 116 cm³/mol. The van der Waals surface area contributed by atoms with Gasteiger partial charge >= 0.3 is 0 Å². The zero-order valence-corrected chi connectivity index (χ0v) is 17.8. The van der Waals surface area contributed by atoms with Gasteiger partial charge in [0.25, 0.3) is 0 Å². The van der Waals surface area contributed by atoms with Crippen LogP contribution in [-0.4, -0.2) is 40.7 Å². The van der Waals surface area contributed by atoms with Crippen molar-refractivity contribution in [3.05, 3.63) is 59.0 Å². The van der Waals surface area contributed by atoms with Crippen LogP contribution in [0.1, 0.15) is 59.4 Å². The standard InChI is InChI=1S/C23H27N3O3S/c27-21-7-6-19(22(28)24-21)26-14-18-16(3-1-4-17(18)23(26)30)13-25-10-8-15(9-11-25)20-5-2-12-29-20/h1-5,12,15,19,23,30H,6-11,13-14H2,(H,24,27,28). The number of fused-ring (bicyclic) bond motifs is 1. The summed E-state index contributed by atoms with van der Waals surface area (Å²) in [6.07, 6.45) is 4.93. The van der Waals surface area contributed by atoms with Crippen molar-refractivity contribution in [1.29, 1.82) is 0 Å². The van der Waals surface area contributed by atoms with Gasteiger partial charge in [-0.05, 0) is 61.2 Å². The number of likely N-dealkylation sites (tertiary alicyclic amines) is 1. The SMILES string of the molecule is O=C1CCC(N2Cc3c(CN4CCC(c5ccco5)CC4)cccc3C2S)C(=O)N1. The minimum absolute atomic E-state index is 0.117. The second kappa shape index (κ2) is 8.21. The van der Waals surface area contributed by atoms with Gasteiger partial charge in [-0.1, -0.05) is 18.2 Å². The lowest BCUT2D eigenvalue weighted by Gasteiger charge is -2.32. The van der Waals surface area contributed by atoms with E-state index in [2.05, 4.69) is 39.4 Å². The normalized spacial score (nSPS) is 26.0. The molecule has 7 heteroatoms. The summed E-state index contributed by atoms with van der Waals surface area (Å²) in [5, 5.41) is 2.36. The van der Waals surface area contributed by atoms with E-state index in [0.717, 1.165) is 38.2 Å². The van der Waals surface area contributed by atoms with Gasteiger partial charge in [0.2, 0.25) is 11.8 Å². The summed E-state index contributed by atoms with van der Waals surface area (Å²) in [5.74, 6) is 1.25. The average Bonchev–Trinajstić information content (AvgIpc) is 3.39. The number of rotatable bonds is 4. The molecule has 1 aromatic heterocycles. The van der Waals surface area contributed by atoms with Crippen LogP contribution in [0.3, 0.4) is 0 Å². The minimum Gasteiger partial charge on any atom is -0.469 e. The second-order valence-electron chi connectivity index (χ2n) is 8.56. The minimum atomic E-state index is -0.297. The third-order valence-electron chi connectivity index (χ3n) is 6.78. The molecule has 1 N–H and O–H groups in total. The molecule has 4 heterocycles. The largest absolute Gasteiger partial charge is 0.469 e. The van der Waals surface area contributed by atoms with E-state index in [9.17, 15) is 9.59 Å². The van der Waals surface area contributed by atoms with Crippen LogP contribution in [0.15, 0.2) is 41.0 Å². The number of nitrogens with zero attached hydrogens (tertiary/aromatic N) is 2. The van der Waals surface area contributed by atoms with E-state index in [1.54, 1.807) is 6.26 Å². The van der Waals surface area contributed by atoms with E-state index in [1.807, 2.05) is 6.07 Å². The van der Waals surface area contributed by atoms with Crippen molar-refractivity contribution in [2.24, 2.45) is 0 Å². The Labute approximate surface area is 182 Å². The zero-order chi connectivity index (χ0) is 20.7. The van der Waals surface area contributed by atoms with Crippen LogP contribution in [-0.2, 0) is 22.7 Å². The van der Waals surface area contributed by atoms with Crippen LogP contribution in [0.25, 0.3) is 0 Å². The molecule has 2 saturated heterocycles. The number of amides is 2. The lowest BCUT2D eigenvalue weighted by molar-refractivity contribution is -0.137. The lowest BCUT2D eigenvalue weighted by atomic mass is 9.93. The van der Waals surface area contributed by atoms with Gasteiger partial charge in [-0.2, -0.15) is 12.6 Å². The summed E-state index contributed by atoms with van der Waals surface area (Å²) >= 11 is 4.84. The molecular weight excluding hydrogens is 398 g/mol. The molecular formula is C23H27N3O3S. The molecule has 1 aromatic carbocycles. The van der Waals surface area contributed by atoms with Gasteiger partial charge < -0.3 is 4.42 Å².